The minimum atomic E-state index is -4.03. The van der Waals surface area contributed by atoms with E-state index in [-0.39, 0.29) is 17.1 Å². The Labute approximate surface area is 115 Å². The van der Waals surface area contributed by atoms with E-state index in [9.17, 15) is 8.42 Å². The second-order valence-corrected chi connectivity index (χ2v) is 6.44. The van der Waals surface area contributed by atoms with Crippen LogP contribution in [0.3, 0.4) is 0 Å². The van der Waals surface area contributed by atoms with Gasteiger partial charge in [0.2, 0.25) is 0 Å². The summed E-state index contributed by atoms with van der Waals surface area (Å²) < 4.78 is 24.4. The van der Waals surface area contributed by atoms with Gasteiger partial charge in [0.05, 0.1) is 12.2 Å². The van der Waals surface area contributed by atoms with Gasteiger partial charge in [-0.15, -0.1) is 0 Å². The van der Waals surface area contributed by atoms with Crippen molar-refractivity contribution in [1.29, 1.82) is 5.26 Å². The largest absolute Gasteiger partial charge is 0.279 e. The van der Waals surface area contributed by atoms with E-state index in [2.05, 4.69) is 5.10 Å². The van der Waals surface area contributed by atoms with Crippen molar-refractivity contribution in [2.75, 3.05) is 0 Å². The lowest BCUT2D eigenvalue weighted by atomic mass is 10.2. The quantitative estimate of drug-likeness (QED) is 0.812. The number of hydrogen-bond acceptors (Lipinski definition) is 4. The number of aromatic nitrogens is 2. The highest BCUT2D eigenvalue weighted by Crippen LogP contribution is 2.23. The number of halogens is 1. The molecule has 98 valence electrons. The Morgan fingerprint density at radius 2 is 2.00 bits per heavy atom. The number of nitriles is 1. The van der Waals surface area contributed by atoms with Crippen molar-refractivity contribution in [2.45, 2.75) is 18.5 Å². The van der Waals surface area contributed by atoms with Gasteiger partial charge in [0.25, 0.3) is 9.05 Å². The summed E-state index contributed by atoms with van der Waals surface area (Å²) in [5, 5.41) is 12.8. The van der Waals surface area contributed by atoms with E-state index in [1.807, 2.05) is 36.4 Å². The molecule has 0 aliphatic carbocycles. The molecule has 19 heavy (non-hydrogen) atoms. The molecule has 1 aromatic carbocycles. The normalized spacial score (nSPS) is 11.2. The first-order valence-electron chi connectivity index (χ1n) is 5.39. The number of hydrogen-bond donors (Lipinski definition) is 0. The van der Waals surface area contributed by atoms with Crippen molar-refractivity contribution in [3.63, 3.8) is 0 Å². The van der Waals surface area contributed by atoms with Gasteiger partial charge in [-0.1, -0.05) is 30.3 Å². The Kier molecular flexibility index (Phi) is 3.60. The summed E-state index contributed by atoms with van der Waals surface area (Å²) in [7, 11) is 1.36. The van der Waals surface area contributed by atoms with Crippen LogP contribution in [-0.4, -0.2) is 18.2 Å². The van der Waals surface area contributed by atoms with E-state index in [0.29, 0.717) is 5.69 Å². The van der Waals surface area contributed by atoms with Gasteiger partial charge >= 0.3 is 0 Å². The Morgan fingerprint density at radius 1 is 1.37 bits per heavy atom. The molecule has 0 atom stereocenters. The second-order valence-electron chi connectivity index (χ2n) is 3.96. The predicted molar refractivity (Wildman–Crippen MR) is 70.3 cm³/mol. The Hall–Kier alpha value is -1.84. The van der Waals surface area contributed by atoms with Crippen LogP contribution in [-0.2, 0) is 15.6 Å². The van der Waals surface area contributed by atoms with Gasteiger partial charge in [-0.2, -0.15) is 10.4 Å². The fraction of sp³-hybridized carbons (Fsp3) is 0.167. The molecule has 0 unspecified atom stereocenters. The maximum Gasteiger partial charge on any atom is 0.279 e. The Balaban J connectivity index is 2.57. The molecule has 0 radical (unpaired) electrons. The molecular weight excluding hydrogens is 286 g/mol. The van der Waals surface area contributed by atoms with Crippen molar-refractivity contribution in [2.24, 2.45) is 0 Å². The molecule has 2 aromatic rings. The van der Waals surface area contributed by atoms with Crippen molar-refractivity contribution >= 4 is 19.7 Å². The van der Waals surface area contributed by atoms with E-state index < -0.39 is 9.05 Å². The maximum absolute atomic E-state index is 11.6. The molecule has 5 nitrogen and oxygen atoms in total. The van der Waals surface area contributed by atoms with Gasteiger partial charge in [-0.3, -0.25) is 0 Å². The molecule has 0 saturated carbocycles. The first-order valence-corrected chi connectivity index (χ1v) is 7.70. The molecule has 0 fully saturated rings. The van der Waals surface area contributed by atoms with E-state index in [1.165, 1.54) is 4.68 Å². The van der Waals surface area contributed by atoms with Gasteiger partial charge in [-0.05, 0) is 12.5 Å². The summed E-state index contributed by atoms with van der Waals surface area (Å²) in [6.07, 6.45) is 0. The number of nitrogens with zero attached hydrogens (tertiary/aromatic N) is 3. The SMILES string of the molecule is Cc1nn(Cc2ccccc2)c(S(=O)(=O)Cl)c1C#N. The molecule has 7 heteroatoms. The van der Waals surface area contributed by atoms with Gasteiger partial charge in [0, 0.05) is 10.7 Å². The Morgan fingerprint density at radius 3 is 2.53 bits per heavy atom. The van der Waals surface area contributed by atoms with Crippen LogP contribution in [0, 0.1) is 18.3 Å². The van der Waals surface area contributed by atoms with Crippen molar-refractivity contribution in [3.05, 3.63) is 47.2 Å². The van der Waals surface area contributed by atoms with Crippen LogP contribution in [0.25, 0.3) is 0 Å². The van der Waals surface area contributed by atoms with Crippen LogP contribution in [0.2, 0.25) is 0 Å². The van der Waals surface area contributed by atoms with E-state index >= 15 is 0 Å². The lowest BCUT2D eigenvalue weighted by molar-refractivity contribution is 0.572. The van der Waals surface area contributed by atoms with Crippen molar-refractivity contribution in [1.82, 2.24) is 9.78 Å². The number of rotatable bonds is 3. The topological polar surface area (TPSA) is 75.8 Å². The standard InChI is InChI=1S/C12H10ClN3O2S/c1-9-11(7-14)12(19(13,17)18)16(15-9)8-10-5-3-2-4-6-10/h2-6H,8H2,1H3. The average Bonchev–Trinajstić information content (AvgIpc) is 2.66. The lowest BCUT2D eigenvalue weighted by Gasteiger charge is -2.05. The monoisotopic (exact) mass is 295 g/mol. The number of aryl methyl sites for hydroxylation is 1. The van der Waals surface area contributed by atoms with E-state index in [0.717, 1.165) is 5.56 Å². The highest BCUT2D eigenvalue weighted by molar-refractivity contribution is 8.13. The summed E-state index contributed by atoms with van der Waals surface area (Å²) in [5.74, 6) is 0. The van der Waals surface area contributed by atoms with E-state index in [4.69, 9.17) is 15.9 Å². The smallest absolute Gasteiger partial charge is 0.247 e. The maximum atomic E-state index is 11.6. The van der Waals surface area contributed by atoms with Gasteiger partial charge in [-0.25, -0.2) is 13.1 Å². The van der Waals surface area contributed by atoms with Crippen LogP contribution >= 0.6 is 10.7 Å². The van der Waals surface area contributed by atoms with Crippen LogP contribution < -0.4 is 0 Å². The molecule has 2 rings (SSSR count). The third-order valence-electron chi connectivity index (χ3n) is 2.60. The molecule has 1 heterocycles. The second kappa shape index (κ2) is 5.03. The molecule has 0 amide bonds. The first-order chi connectivity index (χ1) is 8.93. The summed E-state index contributed by atoms with van der Waals surface area (Å²) in [4.78, 5) is 0. The van der Waals surface area contributed by atoms with Crippen LogP contribution in [0.15, 0.2) is 35.4 Å². The van der Waals surface area contributed by atoms with Gasteiger partial charge in [0.1, 0.15) is 11.6 Å². The lowest BCUT2D eigenvalue weighted by Crippen LogP contribution is -2.09. The highest BCUT2D eigenvalue weighted by Gasteiger charge is 2.25. The summed E-state index contributed by atoms with van der Waals surface area (Å²) in [6, 6.07) is 11.0. The summed E-state index contributed by atoms with van der Waals surface area (Å²) in [5.41, 5.74) is 1.21. The van der Waals surface area contributed by atoms with Crippen LogP contribution in [0.4, 0.5) is 0 Å². The molecule has 1 aromatic heterocycles. The minimum Gasteiger partial charge on any atom is -0.247 e. The van der Waals surface area contributed by atoms with Crippen LogP contribution in [0.5, 0.6) is 0 Å². The third kappa shape index (κ3) is 2.78. The number of benzene rings is 1. The predicted octanol–water partition coefficient (Wildman–Crippen LogP) is 2.04. The first kappa shape index (κ1) is 13.6. The molecule has 0 bridgehead atoms. The van der Waals surface area contributed by atoms with Gasteiger partial charge in [0.15, 0.2) is 5.03 Å². The Bertz CT molecular complexity index is 745. The minimum absolute atomic E-state index is 0.00840. The molecule has 0 aliphatic heterocycles. The molecule has 0 saturated heterocycles. The third-order valence-corrected chi connectivity index (χ3v) is 3.91. The zero-order valence-corrected chi connectivity index (χ0v) is 11.6. The molecule has 0 aliphatic rings. The van der Waals surface area contributed by atoms with Crippen molar-refractivity contribution < 1.29 is 8.42 Å². The zero-order chi connectivity index (χ0) is 14.0. The van der Waals surface area contributed by atoms with Crippen LogP contribution in [0.1, 0.15) is 16.8 Å². The molecular formula is C12H10ClN3O2S. The fourth-order valence-corrected chi connectivity index (χ4v) is 3.06. The average molecular weight is 296 g/mol. The summed E-state index contributed by atoms with van der Waals surface area (Å²) in [6.45, 7) is 1.82. The molecule has 0 N–H and O–H groups in total. The van der Waals surface area contributed by atoms with Crippen molar-refractivity contribution in [3.8, 4) is 6.07 Å². The fourth-order valence-electron chi connectivity index (χ4n) is 1.80. The summed E-state index contributed by atoms with van der Waals surface area (Å²) >= 11 is 0. The molecule has 0 spiro atoms. The zero-order valence-electron chi connectivity index (χ0n) is 10.0. The van der Waals surface area contributed by atoms with E-state index in [1.54, 1.807) is 6.92 Å². The highest BCUT2D eigenvalue weighted by atomic mass is 35.7. The van der Waals surface area contributed by atoms with Gasteiger partial charge < -0.3 is 0 Å².